The van der Waals surface area contributed by atoms with Crippen molar-refractivity contribution in [1.82, 2.24) is 15.0 Å². The Balaban J connectivity index is 1.55. The molecule has 0 radical (unpaired) electrons. The summed E-state index contributed by atoms with van der Waals surface area (Å²) in [6.45, 7) is 0. The van der Waals surface area contributed by atoms with Crippen molar-refractivity contribution < 1.29 is 13.2 Å². The molecule has 146 valence electrons. The van der Waals surface area contributed by atoms with Gasteiger partial charge in [-0.3, -0.25) is 4.79 Å². The average Bonchev–Trinajstić information content (AvgIpc) is 3.40. The summed E-state index contributed by atoms with van der Waals surface area (Å²) in [7, 11) is -3.67. The van der Waals surface area contributed by atoms with Crippen molar-refractivity contribution >= 4 is 26.8 Å². The number of H-pyrrole nitrogens is 1. The Labute approximate surface area is 164 Å². The second-order valence-electron chi connectivity index (χ2n) is 7.26. The Morgan fingerprint density at radius 3 is 2.54 bits per heavy atom. The van der Waals surface area contributed by atoms with Gasteiger partial charge in [-0.2, -0.15) is 0 Å². The van der Waals surface area contributed by atoms with Crippen molar-refractivity contribution in [3.8, 4) is 0 Å². The van der Waals surface area contributed by atoms with Crippen LogP contribution in [-0.2, 0) is 27.0 Å². The largest absolute Gasteiger partial charge is 0.361 e. The summed E-state index contributed by atoms with van der Waals surface area (Å²) in [6, 6.07) is 16.1. The molecule has 1 saturated carbocycles. The van der Waals surface area contributed by atoms with E-state index in [1.54, 1.807) is 24.3 Å². The van der Waals surface area contributed by atoms with Gasteiger partial charge in [-0.05, 0) is 36.5 Å². The Kier molecular flexibility index (Phi) is 5.19. The van der Waals surface area contributed by atoms with E-state index in [-0.39, 0.29) is 24.1 Å². The zero-order valence-corrected chi connectivity index (χ0v) is 16.2. The van der Waals surface area contributed by atoms with Crippen LogP contribution in [0.25, 0.3) is 10.9 Å². The Hall–Kier alpha value is -2.64. The number of carbonyl (C=O) groups excluding carboxylic acids is 1. The van der Waals surface area contributed by atoms with Gasteiger partial charge in [0.2, 0.25) is 15.9 Å². The first-order chi connectivity index (χ1) is 13.5. The predicted octanol–water partition coefficient (Wildman–Crippen LogP) is 2.48. The monoisotopic (exact) mass is 397 g/mol. The number of nitrogens with one attached hydrogen (secondary N) is 3. The fourth-order valence-electron chi connectivity index (χ4n) is 3.29. The maximum absolute atomic E-state index is 12.7. The van der Waals surface area contributed by atoms with Crippen LogP contribution in [-0.4, -0.2) is 31.4 Å². The van der Waals surface area contributed by atoms with Gasteiger partial charge in [0.05, 0.1) is 5.75 Å². The number of amides is 1. The zero-order chi connectivity index (χ0) is 19.6. The van der Waals surface area contributed by atoms with E-state index in [4.69, 9.17) is 0 Å². The number of fused-ring (bicyclic) bond motifs is 1. The van der Waals surface area contributed by atoms with Crippen molar-refractivity contribution in [2.45, 2.75) is 37.1 Å². The molecule has 1 atom stereocenters. The number of para-hydroxylation sites is 1. The molecule has 3 aromatic rings. The molecule has 4 rings (SSSR count). The smallest absolute Gasteiger partial charge is 0.238 e. The molecular formula is C21H23N3O3S. The van der Waals surface area contributed by atoms with E-state index < -0.39 is 16.1 Å². The molecule has 3 N–H and O–H groups in total. The van der Waals surface area contributed by atoms with Crippen molar-refractivity contribution in [1.29, 1.82) is 0 Å². The van der Waals surface area contributed by atoms with Crippen LogP contribution in [0.4, 0.5) is 0 Å². The van der Waals surface area contributed by atoms with Gasteiger partial charge in [-0.1, -0.05) is 48.5 Å². The van der Waals surface area contributed by atoms with E-state index >= 15 is 0 Å². The third kappa shape index (κ3) is 4.61. The number of hydrogen-bond donors (Lipinski definition) is 3. The number of aromatic amines is 1. The Morgan fingerprint density at radius 1 is 1.07 bits per heavy atom. The topological polar surface area (TPSA) is 91.1 Å². The molecule has 1 fully saturated rings. The summed E-state index contributed by atoms with van der Waals surface area (Å²) < 4.78 is 28.0. The van der Waals surface area contributed by atoms with E-state index in [0.717, 1.165) is 29.3 Å². The molecule has 0 bridgehead atoms. The number of benzene rings is 2. The highest BCUT2D eigenvalue weighted by molar-refractivity contribution is 7.88. The van der Waals surface area contributed by atoms with Gasteiger partial charge in [0.15, 0.2) is 0 Å². The fourth-order valence-corrected chi connectivity index (χ4v) is 4.63. The van der Waals surface area contributed by atoms with Crippen LogP contribution >= 0.6 is 0 Å². The molecule has 1 aliphatic carbocycles. The summed E-state index contributed by atoms with van der Waals surface area (Å²) in [6.07, 6.45) is 4.02. The van der Waals surface area contributed by atoms with Gasteiger partial charge < -0.3 is 10.3 Å². The first-order valence-corrected chi connectivity index (χ1v) is 11.0. The number of carbonyl (C=O) groups is 1. The lowest BCUT2D eigenvalue weighted by molar-refractivity contribution is -0.122. The van der Waals surface area contributed by atoms with Gasteiger partial charge in [0.1, 0.15) is 6.04 Å². The minimum atomic E-state index is -3.67. The summed E-state index contributed by atoms with van der Waals surface area (Å²) in [5.74, 6) is -0.431. The molecule has 1 amide bonds. The molecule has 7 heteroatoms. The van der Waals surface area contributed by atoms with Crippen LogP contribution in [0, 0.1) is 0 Å². The number of aromatic nitrogens is 1. The molecule has 1 heterocycles. The first-order valence-electron chi connectivity index (χ1n) is 9.39. The van der Waals surface area contributed by atoms with Crippen LogP contribution in [0.15, 0.2) is 60.8 Å². The SMILES string of the molecule is O=C(NC1CC1)[C@H](Cc1c[nH]c2ccccc12)NS(=O)(=O)Cc1ccccc1. The average molecular weight is 398 g/mol. The Morgan fingerprint density at radius 2 is 1.79 bits per heavy atom. The summed E-state index contributed by atoms with van der Waals surface area (Å²) >= 11 is 0. The van der Waals surface area contributed by atoms with Gasteiger partial charge in [0.25, 0.3) is 0 Å². The molecule has 0 saturated heterocycles. The number of sulfonamides is 1. The van der Waals surface area contributed by atoms with Crippen LogP contribution in [0.2, 0.25) is 0 Å². The molecule has 2 aromatic carbocycles. The second kappa shape index (κ2) is 7.77. The van der Waals surface area contributed by atoms with Crippen LogP contribution in [0.1, 0.15) is 24.0 Å². The van der Waals surface area contributed by atoms with E-state index in [1.165, 1.54) is 0 Å². The van der Waals surface area contributed by atoms with Gasteiger partial charge in [-0.15, -0.1) is 0 Å². The number of hydrogen-bond acceptors (Lipinski definition) is 3. The summed E-state index contributed by atoms with van der Waals surface area (Å²) in [5.41, 5.74) is 2.56. The molecule has 1 aliphatic rings. The lowest BCUT2D eigenvalue weighted by atomic mass is 10.1. The highest BCUT2D eigenvalue weighted by Gasteiger charge is 2.30. The van der Waals surface area contributed by atoms with Gasteiger partial charge in [-0.25, -0.2) is 13.1 Å². The van der Waals surface area contributed by atoms with Crippen molar-refractivity contribution in [3.05, 3.63) is 71.9 Å². The van der Waals surface area contributed by atoms with Crippen LogP contribution in [0.5, 0.6) is 0 Å². The van der Waals surface area contributed by atoms with Crippen molar-refractivity contribution in [2.24, 2.45) is 0 Å². The van der Waals surface area contributed by atoms with E-state index in [2.05, 4.69) is 15.0 Å². The Bertz CT molecular complexity index is 1070. The van der Waals surface area contributed by atoms with E-state index in [9.17, 15) is 13.2 Å². The van der Waals surface area contributed by atoms with E-state index in [0.29, 0.717) is 5.56 Å². The second-order valence-corrected chi connectivity index (χ2v) is 9.02. The molecule has 6 nitrogen and oxygen atoms in total. The molecule has 28 heavy (non-hydrogen) atoms. The third-order valence-electron chi connectivity index (χ3n) is 4.86. The molecule has 0 aliphatic heterocycles. The molecular weight excluding hydrogens is 374 g/mol. The van der Waals surface area contributed by atoms with Crippen molar-refractivity contribution in [3.63, 3.8) is 0 Å². The minimum Gasteiger partial charge on any atom is -0.361 e. The quantitative estimate of drug-likeness (QED) is 0.545. The number of rotatable bonds is 8. The molecule has 0 spiro atoms. The first kappa shape index (κ1) is 18.7. The maximum Gasteiger partial charge on any atom is 0.238 e. The highest BCUT2D eigenvalue weighted by atomic mass is 32.2. The van der Waals surface area contributed by atoms with Gasteiger partial charge >= 0.3 is 0 Å². The minimum absolute atomic E-state index is 0.158. The highest BCUT2D eigenvalue weighted by Crippen LogP contribution is 2.21. The standard InChI is InChI=1S/C21H23N3O3S/c25-21(23-17-10-11-17)20(12-16-13-22-19-9-5-4-8-18(16)19)24-28(26,27)14-15-6-2-1-3-7-15/h1-9,13,17,20,22,24H,10-12,14H2,(H,23,25)/t20-/m0/s1. The normalized spacial score (nSPS) is 15.4. The summed E-state index contributed by atoms with van der Waals surface area (Å²) in [5, 5.41) is 3.92. The van der Waals surface area contributed by atoms with Crippen LogP contribution in [0.3, 0.4) is 0 Å². The fraction of sp³-hybridized carbons (Fsp3) is 0.286. The third-order valence-corrected chi connectivity index (χ3v) is 6.22. The maximum atomic E-state index is 12.7. The van der Waals surface area contributed by atoms with E-state index in [1.807, 2.05) is 36.5 Å². The lowest BCUT2D eigenvalue weighted by Crippen LogP contribution is -2.48. The van der Waals surface area contributed by atoms with Gasteiger partial charge in [0, 0.05) is 23.1 Å². The predicted molar refractivity (Wildman–Crippen MR) is 109 cm³/mol. The summed E-state index contributed by atoms with van der Waals surface area (Å²) in [4.78, 5) is 15.9. The molecule has 0 unspecified atom stereocenters. The van der Waals surface area contributed by atoms with Crippen molar-refractivity contribution in [2.75, 3.05) is 0 Å². The molecule has 1 aromatic heterocycles. The zero-order valence-electron chi connectivity index (χ0n) is 15.4. The van der Waals surface area contributed by atoms with Crippen LogP contribution < -0.4 is 10.0 Å². The lowest BCUT2D eigenvalue weighted by Gasteiger charge is -2.18.